The first-order valence-electron chi connectivity index (χ1n) is 8.05. The van der Waals surface area contributed by atoms with E-state index in [9.17, 15) is 9.90 Å². The van der Waals surface area contributed by atoms with Gasteiger partial charge in [0.1, 0.15) is 5.60 Å². The van der Waals surface area contributed by atoms with Gasteiger partial charge in [0.15, 0.2) is 18.1 Å². The molecule has 6 heteroatoms. The summed E-state index contributed by atoms with van der Waals surface area (Å²) in [4.78, 5) is 11.9. The molecule has 0 aromatic heterocycles. The molecule has 0 aliphatic rings. The normalized spacial score (nSPS) is 11.5. The van der Waals surface area contributed by atoms with Crippen LogP contribution in [0.2, 0.25) is 0 Å². The SMILES string of the molecule is CC(C)Oc1cc(CCO)cc(CO)c1OCC(=O)OC(C)(C)C. The van der Waals surface area contributed by atoms with Crippen LogP contribution in [0.3, 0.4) is 0 Å². The second-order valence-corrected chi connectivity index (χ2v) is 6.76. The van der Waals surface area contributed by atoms with Crippen molar-refractivity contribution in [2.45, 2.75) is 59.4 Å². The predicted molar refractivity (Wildman–Crippen MR) is 90.3 cm³/mol. The van der Waals surface area contributed by atoms with Crippen LogP contribution < -0.4 is 9.47 Å². The molecule has 136 valence electrons. The van der Waals surface area contributed by atoms with Crippen LogP contribution in [0, 0.1) is 0 Å². The Morgan fingerprint density at radius 2 is 1.88 bits per heavy atom. The van der Waals surface area contributed by atoms with Crippen LogP contribution in [0.5, 0.6) is 11.5 Å². The molecule has 1 rings (SSSR count). The molecule has 0 spiro atoms. The maximum Gasteiger partial charge on any atom is 0.344 e. The highest BCUT2D eigenvalue weighted by molar-refractivity contribution is 5.71. The van der Waals surface area contributed by atoms with E-state index in [1.54, 1.807) is 32.9 Å². The smallest absolute Gasteiger partial charge is 0.344 e. The van der Waals surface area contributed by atoms with E-state index in [-0.39, 0.29) is 25.9 Å². The van der Waals surface area contributed by atoms with Gasteiger partial charge in [-0.25, -0.2) is 4.79 Å². The Morgan fingerprint density at radius 3 is 2.38 bits per heavy atom. The molecule has 1 aromatic rings. The number of carbonyl (C=O) groups excluding carboxylic acids is 1. The van der Waals surface area contributed by atoms with Gasteiger partial charge in [-0.2, -0.15) is 0 Å². The standard InChI is InChI=1S/C18H28O6/c1-12(2)23-15-9-13(6-7-19)8-14(10-20)17(15)22-11-16(21)24-18(3,4)5/h8-9,12,19-20H,6-7,10-11H2,1-5H3. The van der Waals surface area contributed by atoms with E-state index < -0.39 is 11.6 Å². The molecule has 6 nitrogen and oxygen atoms in total. The van der Waals surface area contributed by atoms with Gasteiger partial charge < -0.3 is 24.4 Å². The van der Waals surface area contributed by atoms with Crippen LogP contribution in [0.1, 0.15) is 45.7 Å². The summed E-state index contributed by atoms with van der Waals surface area (Å²) >= 11 is 0. The Bertz CT molecular complexity index is 545. The fourth-order valence-corrected chi connectivity index (χ4v) is 2.12. The maximum atomic E-state index is 11.9. The van der Waals surface area contributed by atoms with E-state index in [1.807, 2.05) is 13.8 Å². The van der Waals surface area contributed by atoms with E-state index in [0.717, 1.165) is 5.56 Å². The molecule has 1 aromatic carbocycles. The van der Waals surface area contributed by atoms with Crippen LogP contribution >= 0.6 is 0 Å². The van der Waals surface area contributed by atoms with Gasteiger partial charge in [0.25, 0.3) is 0 Å². The van der Waals surface area contributed by atoms with Crippen molar-refractivity contribution in [3.63, 3.8) is 0 Å². The van der Waals surface area contributed by atoms with Crippen LogP contribution in [0.4, 0.5) is 0 Å². The molecular weight excluding hydrogens is 312 g/mol. The maximum absolute atomic E-state index is 11.9. The van der Waals surface area contributed by atoms with Gasteiger partial charge >= 0.3 is 5.97 Å². The third-order valence-electron chi connectivity index (χ3n) is 2.88. The molecule has 0 bridgehead atoms. The van der Waals surface area contributed by atoms with Crippen molar-refractivity contribution in [3.8, 4) is 11.5 Å². The number of hydrogen-bond acceptors (Lipinski definition) is 6. The lowest BCUT2D eigenvalue weighted by atomic mass is 10.1. The summed E-state index contributed by atoms with van der Waals surface area (Å²) in [7, 11) is 0. The summed E-state index contributed by atoms with van der Waals surface area (Å²) in [6, 6.07) is 3.48. The Kier molecular flexibility index (Phi) is 7.51. The van der Waals surface area contributed by atoms with Crippen molar-refractivity contribution in [1.82, 2.24) is 0 Å². The molecule has 0 aliphatic carbocycles. The first-order valence-corrected chi connectivity index (χ1v) is 8.05. The lowest BCUT2D eigenvalue weighted by molar-refractivity contribution is -0.157. The highest BCUT2D eigenvalue weighted by atomic mass is 16.6. The molecule has 0 aliphatic heterocycles. The average molecular weight is 340 g/mol. The van der Waals surface area contributed by atoms with Crippen LogP contribution in [0.25, 0.3) is 0 Å². The minimum Gasteiger partial charge on any atom is -0.487 e. The number of esters is 1. The van der Waals surface area contributed by atoms with E-state index in [2.05, 4.69) is 0 Å². The molecule has 24 heavy (non-hydrogen) atoms. The number of ether oxygens (including phenoxy) is 3. The monoisotopic (exact) mass is 340 g/mol. The molecule has 0 unspecified atom stereocenters. The van der Waals surface area contributed by atoms with Crippen LogP contribution in [0.15, 0.2) is 12.1 Å². The van der Waals surface area contributed by atoms with Gasteiger partial charge in [-0.05, 0) is 58.7 Å². The van der Waals surface area contributed by atoms with Crippen molar-refractivity contribution in [2.24, 2.45) is 0 Å². The molecule has 0 saturated heterocycles. The zero-order chi connectivity index (χ0) is 18.3. The first-order chi connectivity index (χ1) is 11.2. The quantitative estimate of drug-likeness (QED) is 0.706. The van der Waals surface area contributed by atoms with Crippen molar-refractivity contribution in [1.29, 1.82) is 0 Å². The van der Waals surface area contributed by atoms with E-state index in [4.69, 9.17) is 19.3 Å². The predicted octanol–water partition coefficient (Wildman–Crippen LogP) is 2.22. The number of aliphatic hydroxyl groups excluding tert-OH is 2. The summed E-state index contributed by atoms with van der Waals surface area (Å²) in [5, 5.41) is 18.7. The molecule has 0 radical (unpaired) electrons. The van der Waals surface area contributed by atoms with E-state index in [0.29, 0.717) is 23.5 Å². The molecule has 2 N–H and O–H groups in total. The van der Waals surface area contributed by atoms with Crippen LogP contribution in [-0.2, 0) is 22.6 Å². The lowest BCUT2D eigenvalue weighted by Gasteiger charge is -2.21. The Balaban J connectivity index is 3.03. The topological polar surface area (TPSA) is 85.2 Å². The number of aliphatic hydroxyl groups is 2. The number of benzene rings is 1. The van der Waals surface area contributed by atoms with Gasteiger partial charge in [0, 0.05) is 12.2 Å². The molecular formula is C18H28O6. The second-order valence-electron chi connectivity index (χ2n) is 6.76. The van der Waals surface area contributed by atoms with E-state index in [1.165, 1.54) is 0 Å². The highest BCUT2D eigenvalue weighted by Gasteiger charge is 2.20. The minimum absolute atomic E-state index is 0.00982. The van der Waals surface area contributed by atoms with Gasteiger partial charge in [0.2, 0.25) is 0 Å². The third-order valence-corrected chi connectivity index (χ3v) is 2.88. The van der Waals surface area contributed by atoms with Crippen molar-refractivity contribution in [3.05, 3.63) is 23.3 Å². The third kappa shape index (κ3) is 6.76. The average Bonchev–Trinajstić information content (AvgIpc) is 2.43. The molecule has 0 fully saturated rings. The fourth-order valence-electron chi connectivity index (χ4n) is 2.12. The first kappa shape index (κ1) is 20.3. The lowest BCUT2D eigenvalue weighted by Crippen LogP contribution is -2.27. The summed E-state index contributed by atoms with van der Waals surface area (Å²) in [6.45, 7) is 8.52. The zero-order valence-electron chi connectivity index (χ0n) is 15.1. The van der Waals surface area contributed by atoms with Crippen molar-refractivity contribution in [2.75, 3.05) is 13.2 Å². The van der Waals surface area contributed by atoms with Gasteiger partial charge in [0.05, 0.1) is 12.7 Å². The number of carbonyl (C=O) groups is 1. The van der Waals surface area contributed by atoms with Crippen molar-refractivity contribution < 1.29 is 29.2 Å². The minimum atomic E-state index is -0.595. The number of rotatable bonds is 8. The highest BCUT2D eigenvalue weighted by Crippen LogP contribution is 2.34. The Hall–Kier alpha value is -1.79. The molecule has 0 saturated carbocycles. The van der Waals surface area contributed by atoms with Crippen LogP contribution in [-0.4, -0.2) is 41.1 Å². The summed E-state index contributed by atoms with van der Waals surface area (Å²) in [5.41, 5.74) is 0.727. The second kappa shape index (κ2) is 8.89. The Morgan fingerprint density at radius 1 is 1.21 bits per heavy atom. The summed E-state index contributed by atoms with van der Waals surface area (Å²) in [6.07, 6.45) is 0.332. The van der Waals surface area contributed by atoms with Crippen molar-refractivity contribution >= 4 is 5.97 Å². The van der Waals surface area contributed by atoms with E-state index >= 15 is 0 Å². The molecule has 0 amide bonds. The number of hydrogen-bond donors (Lipinski definition) is 2. The molecule has 0 atom stereocenters. The van der Waals surface area contributed by atoms with Gasteiger partial charge in [-0.3, -0.25) is 0 Å². The Labute approximate surface area is 143 Å². The van der Waals surface area contributed by atoms with Gasteiger partial charge in [-0.15, -0.1) is 0 Å². The molecule has 0 heterocycles. The summed E-state index contributed by atoms with van der Waals surface area (Å²) in [5.74, 6) is 0.253. The fraction of sp³-hybridized carbons (Fsp3) is 0.611. The largest absolute Gasteiger partial charge is 0.487 e. The zero-order valence-corrected chi connectivity index (χ0v) is 15.1. The summed E-state index contributed by atoms with van der Waals surface area (Å²) < 4.78 is 16.5. The van der Waals surface area contributed by atoms with Gasteiger partial charge in [-0.1, -0.05) is 0 Å².